The molecule has 0 aromatic heterocycles. The quantitative estimate of drug-likeness (QED) is 0.384. The molecule has 14 heavy (non-hydrogen) atoms. The van der Waals surface area contributed by atoms with E-state index < -0.39 is 0 Å². The summed E-state index contributed by atoms with van der Waals surface area (Å²) in [7, 11) is 0. The largest absolute Gasteiger partial charge is 0.462 e. The van der Waals surface area contributed by atoms with Gasteiger partial charge in [-0.05, 0) is 18.8 Å². The van der Waals surface area contributed by atoms with Crippen molar-refractivity contribution >= 4 is 5.97 Å². The van der Waals surface area contributed by atoms with Gasteiger partial charge in [0.2, 0.25) is 0 Å². The first-order valence-electron chi connectivity index (χ1n) is 5.04. The highest BCUT2D eigenvalue weighted by Crippen LogP contribution is 2.09. The predicted octanol–water partition coefficient (Wildman–Crippen LogP) is 2.95. The molecule has 0 aliphatic rings. The number of carbonyl (C=O) groups excluding carboxylic acids is 1. The first-order valence-corrected chi connectivity index (χ1v) is 5.04. The van der Waals surface area contributed by atoms with Crippen molar-refractivity contribution < 1.29 is 9.53 Å². The first kappa shape index (κ1) is 12.9. The lowest BCUT2D eigenvalue weighted by molar-refractivity contribution is -0.139. The number of hydrogen-bond acceptors (Lipinski definition) is 2. The first-order chi connectivity index (χ1) is 6.57. The molecule has 0 aliphatic heterocycles. The molecule has 2 nitrogen and oxygen atoms in total. The molecule has 0 saturated carbocycles. The third-order valence-corrected chi connectivity index (χ3v) is 2.16. The van der Waals surface area contributed by atoms with Gasteiger partial charge >= 0.3 is 5.97 Å². The van der Waals surface area contributed by atoms with Gasteiger partial charge in [-0.2, -0.15) is 0 Å². The van der Waals surface area contributed by atoms with E-state index >= 15 is 0 Å². The van der Waals surface area contributed by atoms with Crippen molar-refractivity contribution in [2.45, 2.75) is 27.7 Å². The third-order valence-electron chi connectivity index (χ3n) is 2.16. The Morgan fingerprint density at radius 1 is 1.29 bits per heavy atom. The van der Waals surface area contributed by atoms with E-state index in [1.807, 2.05) is 13.0 Å². The number of carbonyl (C=O) groups is 1. The molecular weight excluding hydrogens is 176 g/mol. The Balaban J connectivity index is 3.74. The van der Waals surface area contributed by atoms with Gasteiger partial charge in [-0.1, -0.05) is 39.0 Å². The molecule has 0 fully saturated rings. The van der Waals surface area contributed by atoms with E-state index in [9.17, 15) is 4.79 Å². The molecule has 1 unspecified atom stereocenters. The van der Waals surface area contributed by atoms with E-state index in [1.165, 1.54) is 6.08 Å². The zero-order valence-corrected chi connectivity index (χ0v) is 9.49. The fourth-order valence-electron chi connectivity index (χ4n) is 0.699. The molecule has 80 valence electrons. The van der Waals surface area contributed by atoms with Gasteiger partial charge in [0, 0.05) is 6.08 Å². The summed E-state index contributed by atoms with van der Waals surface area (Å²) < 4.78 is 5.05. The topological polar surface area (TPSA) is 26.3 Å². The molecule has 0 aromatic carbocycles. The van der Waals surface area contributed by atoms with Crippen LogP contribution in [0.3, 0.4) is 0 Å². The summed E-state index contributed by atoms with van der Waals surface area (Å²) >= 11 is 0. The number of allylic oxidation sites excluding steroid dienone is 3. The van der Waals surface area contributed by atoms with Crippen molar-refractivity contribution in [1.82, 2.24) is 0 Å². The summed E-state index contributed by atoms with van der Waals surface area (Å²) in [5.74, 6) is 0.687. The maximum Gasteiger partial charge on any atom is 0.330 e. The highest BCUT2D eigenvalue weighted by molar-refractivity contribution is 5.82. The third kappa shape index (κ3) is 6.46. The summed E-state index contributed by atoms with van der Waals surface area (Å²) in [4.78, 5) is 11.1. The summed E-state index contributed by atoms with van der Waals surface area (Å²) in [6, 6.07) is 0. The normalized spacial score (nSPS) is 14.1. The van der Waals surface area contributed by atoms with Gasteiger partial charge < -0.3 is 4.74 Å². The van der Waals surface area contributed by atoms with Gasteiger partial charge in [-0.3, -0.25) is 0 Å². The molecule has 0 N–H and O–H groups in total. The SMILES string of the molecule is C/C=C/C=C/C(=O)OCC(C)C(C)C. The van der Waals surface area contributed by atoms with Crippen LogP contribution in [0.1, 0.15) is 27.7 Å². The molecule has 2 heteroatoms. The van der Waals surface area contributed by atoms with E-state index in [0.717, 1.165) is 0 Å². The lowest BCUT2D eigenvalue weighted by atomic mass is 9.99. The van der Waals surface area contributed by atoms with Gasteiger partial charge in [0.15, 0.2) is 0 Å². The van der Waals surface area contributed by atoms with Crippen LogP contribution in [0.15, 0.2) is 24.3 Å². The van der Waals surface area contributed by atoms with Crippen molar-refractivity contribution in [3.05, 3.63) is 24.3 Å². The summed E-state index contributed by atoms with van der Waals surface area (Å²) in [5, 5.41) is 0. The molecule has 0 spiro atoms. The predicted molar refractivity (Wildman–Crippen MR) is 58.9 cm³/mol. The van der Waals surface area contributed by atoms with Crippen LogP contribution in [0.4, 0.5) is 0 Å². The maximum absolute atomic E-state index is 11.1. The Labute approximate surface area is 86.6 Å². The van der Waals surface area contributed by atoms with E-state index in [2.05, 4.69) is 20.8 Å². The standard InChI is InChI=1S/C12H20O2/c1-5-6-7-8-12(13)14-9-11(4)10(2)3/h5-8,10-11H,9H2,1-4H3/b6-5+,8-7+. The fraction of sp³-hybridized carbons (Fsp3) is 0.583. The summed E-state index contributed by atoms with van der Waals surface area (Å²) in [6.45, 7) is 8.71. The van der Waals surface area contributed by atoms with Crippen LogP contribution in [0.2, 0.25) is 0 Å². The van der Waals surface area contributed by atoms with Crippen molar-refractivity contribution in [2.75, 3.05) is 6.61 Å². The summed E-state index contributed by atoms with van der Waals surface area (Å²) in [5.41, 5.74) is 0. The van der Waals surface area contributed by atoms with Crippen molar-refractivity contribution in [3.63, 3.8) is 0 Å². The van der Waals surface area contributed by atoms with E-state index in [1.54, 1.807) is 12.2 Å². The molecule has 0 heterocycles. The van der Waals surface area contributed by atoms with Crippen LogP contribution in [0.5, 0.6) is 0 Å². The second-order valence-electron chi connectivity index (χ2n) is 3.74. The second-order valence-corrected chi connectivity index (χ2v) is 3.74. The molecular formula is C12H20O2. The van der Waals surface area contributed by atoms with Crippen LogP contribution in [0, 0.1) is 11.8 Å². The average molecular weight is 196 g/mol. The Hall–Kier alpha value is -1.05. The number of esters is 1. The van der Waals surface area contributed by atoms with Crippen molar-refractivity contribution in [2.24, 2.45) is 11.8 Å². The lowest BCUT2D eigenvalue weighted by Crippen LogP contribution is -2.14. The van der Waals surface area contributed by atoms with Crippen LogP contribution in [-0.2, 0) is 9.53 Å². The Bertz CT molecular complexity index is 214. The molecule has 0 amide bonds. The smallest absolute Gasteiger partial charge is 0.330 e. The van der Waals surface area contributed by atoms with Gasteiger partial charge in [-0.25, -0.2) is 4.79 Å². The molecule has 0 rings (SSSR count). The summed E-state index contributed by atoms with van der Waals surface area (Å²) in [6.07, 6.45) is 6.78. The molecule has 0 bridgehead atoms. The molecule has 0 aromatic rings. The van der Waals surface area contributed by atoms with Gasteiger partial charge in [-0.15, -0.1) is 0 Å². The fourth-order valence-corrected chi connectivity index (χ4v) is 0.699. The molecule has 0 radical (unpaired) electrons. The Morgan fingerprint density at radius 3 is 2.43 bits per heavy atom. The number of rotatable bonds is 5. The number of hydrogen-bond donors (Lipinski definition) is 0. The monoisotopic (exact) mass is 196 g/mol. The van der Waals surface area contributed by atoms with Crippen LogP contribution in [0.25, 0.3) is 0 Å². The highest BCUT2D eigenvalue weighted by Gasteiger charge is 2.08. The van der Waals surface area contributed by atoms with E-state index in [4.69, 9.17) is 4.74 Å². The maximum atomic E-state index is 11.1. The van der Waals surface area contributed by atoms with Crippen LogP contribution in [-0.4, -0.2) is 12.6 Å². The zero-order chi connectivity index (χ0) is 11.0. The average Bonchev–Trinajstić information content (AvgIpc) is 2.14. The van der Waals surface area contributed by atoms with Crippen molar-refractivity contribution in [1.29, 1.82) is 0 Å². The van der Waals surface area contributed by atoms with E-state index in [-0.39, 0.29) is 5.97 Å². The minimum absolute atomic E-state index is 0.268. The zero-order valence-electron chi connectivity index (χ0n) is 9.49. The molecule has 0 aliphatic carbocycles. The minimum atomic E-state index is -0.268. The second kappa shape index (κ2) is 7.36. The van der Waals surface area contributed by atoms with Gasteiger partial charge in [0.1, 0.15) is 0 Å². The van der Waals surface area contributed by atoms with Gasteiger partial charge in [0.05, 0.1) is 6.61 Å². The number of ether oxygens (including phenoxy) is 1. The van der Waals surface area contributed by atoms with Crippen LogP contribution >= 0.6 is 0 Å². The lowest BCUT2D eigenvalue weighted by Gasteiger charge is -2.14. The highest BCUT2D eigenvalue weighted by atomic mass is 16.5. The van der Waals surface area contributed by atoms with Gasteiger partial charge in [0.25, 0.3) is 0 Å². The van der Waals surface area contributed by atoms with E-state index in [0.29, 0.717) is 18.4 Å². The van der Waals surface area contributed by atoms with Crippen LogP contribution < -0.4 is 0 Å². The minimum Gasteiger partial charge on any atom is -0.462 e. The Kier molecular flexibility index (Phi) is 6.81. The molecule has 0 saturated heterocycles. The Morgan fingerprint density at radius 2 is 1.93 bits per heavy atom. The molecule has 1 atom stereocenters. The van der Waals surface area contributed by atoms with Crippen molar-refractivity contribution in [3.8, 4) is 0 Å².